The number of ether oxygens (including phenoxy) is 2. The fraction of sp³-hybridized carbons (Fsp3) is 0.474. The molecular formula is C19H21FN6O5. The van der Waals surface area contributed by atoms with E-state index in [0.717, 1.165) is 22.7 Å². The molecule has 0 aliphatic carbocycles. The maximum atomic E-state index is 14.7. The molecule has 11 nitrogen and oxygen atoms in total. The molecule has 1 aliphatic rings. The van der Waals surface area contributed by atoms with E-state index in [-0.39, 0.29) is 30.4 Å². The first-order valence-corrected chi connectivity index (χ1v) is 9.31. The molecule has 1 amide bonds. The van der Waals surface area contributed by atoms with Gasteiger partial charge in [-0.25, -0.2) is 13.9 Å². The Balaban J connectivity index is 1.89. The fourth-order valence-electron chi connectivity index (χ4n) is 2.88. The van der Waals surface area contributed by atoms with Crippen LogP contribution < -0.4 is 4.90 Å². The minimum atomic E-state index is -2.31. The maximum absolute atomic E-state index is 14.7. The summed E-state index contributed by atoms with van der Waals surface area (Å²) in [6.45, 7) is 5.83. The minimum absolute atomic E-state index is 0.00544. The van der Waals surface area contributed by atoms with Crippen LogP contribution in [0.3, 0.4) is 0 Å². The van der Waals surface area contributed by atoms with Crippen molar-refractivity contribution in [1.82, 2.24) is 20.0 Å². The van der Waals surface area contributed by atoms with Gasteiger partial charge in [0.2, 0.25) is 0 Å². The van der Waals surface area contributed by atoms with Crippen LogP contribution in [0.2, 0.25) is 0 Å². The van der Waals surface area contributed by atoms with Crippen molar-refractivity contribution in [3.63, 3.8) is 0 Å². The molecule has 164 valence electrons. The van der Waals surface area contributed by atoms with Gasteiger partial charge in [0.1, 0.15) is 11.7 Å². The van der Waals surface area contributed by atoms with Gasteiger partial charge in [-0.3, -0.25) is 9.69 Å². The van der Waals surface area contributed by atoms with Gasteiger partial charge in [-0.2, -0.15) is 10.4 Å². The number of halogens is 1. The third-order valence-corrected chi connectivity index (χ3v) is 4.34. The maximum Gasteiger partial charge on any atom is 0.341 e. The first-order valence-electron chi connectivity index (χ1n) is 9.31. The predicted molar refractivity (Wildman–Crippen MR) is 102 cm³/mol. The highest BCUT2D eigenvalue weighted by atomic mass is 19.1. The highest BCUT2D eigenvalue weighted by Gasteiger charge is 2.51. The number of esters is 1. The largest absolute Gasteiger partial charge is 0.458 e. The molecule has 3 heterocycles. The number of aliphatic hydroxyl groups is 1. The first-order chi connectivity index (χ1) is 14.4. The molecule has 1 unspecified atom stereocenters. The van der Waals surface area contributed by atoms with E-state index in [1.807, 2.05) is 6.07 Å². The Morgan fingerprint density at radius 2 is 2.13 bits per heavy atom. The van der Waals surface area contributed by atoms with Crippen molar-refractivity contribution in [2.45, 2.75) is 45.0 Å². The van der Waals surface area contributed by atoms with Gasteiger partial charge >= 0.3 is 5.97 Å². The molecule has 12 heteroatoms. The van der Waals surface area contributed by atoms with Crippen LogP contribution >= 0.6 is 0 Å². The van der Waals surface area contributed by atoms with E-state index >= 15 is 0 Å². The van der Waals surface area contributed by atoms with Crippen LogP contribution in [0.4, 0.5) is 10.2 Å². The zero-order chi connectivity index (χ0) is 23.0. The number of morpholine rings is 1. The lowest BCUT2D eigenvalue weighted by atomic mass is 9.96. The molecule has 1 aliphatic heterocycles. The summed E-state index contributed by atoms with van der Waals surface area (Å²) in [6.07, 6.45) is 0.666. The van der Waals surface area contributed by atoms with Gasteiger partial charge in [0, 0.05) is 6.07 Å². The van der Waals surface area contributed by atoms with E-state index in [4.69, 9.17) is 14.7 Å². The lowest BCUT2D eigenvalue weighted by Gasteiger charge is -2.38. The second-order valence-electron chi connectivity index (χ2n) is 8.05. The molecular weight excluding hydrogens is 411 g/mol. The Bertz CT molecular complexity index is 1050. The van der Waals surface area contributed by atoms with Gasteiger partial charge in [-0.15, -0.1) is 10.2 Å². The van der Waals surface area contributed by atoms with Gasteiger partial charge in [0.05, 0.1) is 31.2 Å². The van der Waals surface area contributed by atoms with Crippen molar-refractivity contribution in [2.75, 3.05) is 18.1 Å². The fourth-order valence-corrected chi connectivity index (χ4v) is 2.88. The van der Waals surface area contributed by atoms with Gasteiger partial charge in [0.25, 0.3) is 5.91 Å². The summed E-state index contributed by atoms with van der Waals surface area (Å²) >= 11 is 0. The molecule has 1 fully saturated rings. The monoisotopic (exact) mass is 432 g/mol. The number of rotatable bonds is 4. The van der Waals surface area contributed by atoms with E-state index in [9.17, 15) is 19.1 Å². The summed E-state index contributed by atoms with van der Waals surface area (Å²) in [7, 11) is 0. The van der Waals surface area contributed by atoms with Gasteiger partial charge in [-0.05, 0) is 27.7 Å². The third-order valence-electron chi connectivity index (χ3n) is 4.34. The average Bonchev–Trinajstić information content (AvgIpc) is 3.08. The molecule has 0 saturated carbocycles. The van der Waals surface area contributed by atoms with E-state index in [2.05, 4.69) is 15.3 Å². The summed E-state index contributed by atoms with van der Waals surface area (Å²) in [5.74, 6) is -3.05. The molecule has 2 aromatic rings. The summed E-state index contributed by atoms with van der Waals surface area (Å²) < 4.78 is 26.3. The van der Waals surface area contributed by atoms with E-state index < -0.39 is 35.0 Å². The van der Waals surface area contributed by atoms with Crippen molar-refractivity contribution >= 4 is 17.7 Å². The van der Waals surface area contributed by atoms with E-state index in [1.54, 1.807) is 20.8 Å². The smallest absolute Gasteiger partial charge is 0.341 e. The second-order valence-corrected chi connectivity index (χ2v) is 8.05. The Hall–Kier alpha value is -3.43. The Labute approximate surface area is 177 Å². The molecule has 0 radical (unpaired) electrons. The first kappa shape index (κ1) is 22.3. The summed E-state index contributed by atoms with van der Waals surface area (Å²) in [5, 5.41) is 31.0. The molecule has 1 N–H and O–H groups in total. The highest BCUT2D eigenvalue weighted by molar-refractivity contribution is 6.01. The van der Waals surface area contributed by atoms with Crippen LogP contribution in [0.25, 0.3) is 5.69 Å². The standard InChI is InChI=1S/C19H21FN6O5/c1-18(2,3)31-17(28)19(4,29)14-16(27)25(5-6-30-14)15-13(20)10-26(24-15)12-7-11(8-21)23-22-9-12/h7,9-10,14,29H,5-6H2,1-4H3/t14-,19?/m0/s1. The number of amides is 1. The number of carbonyl (C=O) groups excluding carboxylic acids is 2. The van der Waals surface area contributed by atoms with Crippen molar-refractivity contribution in [2.24, 2.45) is 0 Å². The van der Waals surface area contributed by atoms with Crippen LogP contribution in [0.15, 0.2) is 18.5 Å². The topological polar surface area (TPSA) is 143 Å². The lowest BCUT2D eigenvalue weighted by Crippen LogP contribution is -2.61. The molecule has 0 bridgehead atoms. The van der Waals surface area contributed by atoms with Crippen molar-refractivity contribution in [3.8, 4) is 11.8 Å². The van der Waals surface area contributed by atoms with Crippen molar-refractivity contribution in [3.05, 3.63) is 30.0 Å². The number of hydrogen-bond acceptors (Lipinski definition) is 9. The number of anilines is 1. The Morgan fingerprint density at radius 3 is 2.77 bits per heavy atom. The average molecular weight is 432 g/mol. The number of aromatic nitrogens is 4. The Morgan fingerprint density at radius 1 is 1.42 bits per heavy atom. The molecule has 1 saturated heterocycles. The number of carbonyl (C=O) groups is 2. The van der Waals surface area contributed by atoms with Crippen LogP contribution in [0.1, 0.15) is 33.4 Å². The van der Waals surface area contributed by atoms with Crippen LogP contribution in [0.5, 0.6) is 0 Å². The van der Waals surface area contributed by atoms with E-state index in [1.165, 1.54) is 12.3 Å². The normalized spacial score (nSPS) is 18.9. The third kappa shape index (κ3) is 4.52. The van der Waals surface area contributed by atoms with Crippen LogP contribution in [-0.2, 0) is 19.1 Å². The summed E-state index contributed by atoms with van der Waals surface area (Å²) in [5.41, 5.74) is -2.94. The number of nitrogens with zero attached hydrogens (tertiary/aromatic N) is 6. The quantitative estimate of drug-likeness (QED) is 0.683. The molecule has 0 spiro atoms. The van der Waals surface area contributed by atoms with Gasteiger partial charge in [0.15, 0.2) is 29.0 Å². The van der Waals surface area contributed by atoms with Crippen molar-refractivity contribution in [1.29, 1.82) is 5.26 Å². The summed E-state index contributed by atoms with van der Waals surface area (Å²) in [4.78, 5) is 26.4. The lowest BCUT2D eigenvalue weighted by molar-refractivity contribution is -0.194. The van der Waals surface area contributed by atoms with Crippen LogP contribution in [0, 0.1) is 17.1 Å². The zero-order valence-electron chi connectivity index (χ0n) is 17.4. The molecule has 2 aromatic heterocycles. The van der Waals surface area contributed by atoms with E-state index in [0.29, 0.717) is 0 Å². The minimum Gasteiger partial charge on any atom is -0.458 e. The molecule has 3 rings (SSSR count). The molecule has 0 aromatic carbocycles. The summed E-state index contributed by atoms with van der Waals surface area (Å²) in [6, 6.07) is 3.16. The van der Waals surface area contributed by atoms with Gasteiger partial charge < -0.3 is 14.6 Å². The zero-order valence-corrected chi connectivity index (χ0v) is 17.4. The highest BCUT2D eigenvalue weighted by Crippen LogP contribution is 2.28. The number of hydrogen-bond donors (Lipinski definition) is 1. The molecule has 2 atom stereocenters. The second kappa shape index (κ2) is 8.01. The SMILES string of the molecule is CC(C)(C)OC(=O)C(C)(O)[C@H]1OCCN(c2nn(-c3cnnc(C#N)c3)cc2F)C1=O. The molecule has 31 heavy (non-hydrogen) atoms. The van der Waals surface area contributed by atoms with Crippen LogP contribution in [-0.4, -0.2) is 67.4 Å². The predicted octanol–water partition coefficient (Wildman–Crippen LogP) is 0.498. The Kier molecular flexibility index (Phi) is 5.75. The van der Waals surface area contributed by atoms with Gasteiger partial charge in [-0.1, -0.05) is 0 Å². The number of nitriles is 1. The van der Waals surface area contributed by atoms with Crippen molar-refractivity contribution < 1.29 is 28.6 Å².